The third kappa shape index (κ3) is 3.07. The lowest BCUT2D eigenvalue weighted by molar-refractivity contribution is -0.124. The predicted molar refractivity (Wildman–Crippen MR) is 94.2 cm³/mol. The molecule has 1 fully saturated rings. The van der Waals surface area contributed by atoms with Crippen molar-refractivity contribution < 1.29 is 19.2 Å². The Morgan fingerprint density at radius 2 is 2.16 bits per heavy atom. The number of benzene rings is 1. The molecule has 25 heavy (non-hydrogen) atoms. The molecular weight excluding hydrogens is 344 g/mol. The zero-order valence-corrected chi connectivity index (χ0v) is 15.3. The molecule has 0 radical (unpaired) electrons. The maximum absolute atomic E-state index is 12.0. The van der Waals surface area contributed by atoms with E-state index in [1.165, 1.54) is 23.3 Å². The summed E-state index contributed by atoms with van der Waals surface area (Å²) in [6, 6.07) is 5.62. The predicted octanol–water partition coefficient (Wildman–Crippen LogP) is 1.73. The summed E-state index contributed by atoms with van der Waals surface area (Å²) in [6.07, 6.45) is -1.50. The molecular formula is C16H20N4O4S. The number of aromatic nitrogens is 1. The standard InChI is InChI=1S/C16H20N4O4S/c1-16(2,3)20-10-6-5-9(7-12(10)25-14(20)18-23-4)19-8-11(13(17)21)24-15(19)22/h5-7,11H,8H2,1-4H3,(H2,17,21)/b18-14+. The van der Waals surface area contributed by atoms with Crippen LogP contribution in [0.4, 0.5) is 10.5 Å². The molecule has 1 saturated heterocycles. The van der Waals surface area contributed by atoms with E-state index in [9.17, 15) is 9.59 Å². The molecule has 2 aromatic rings. The Morgan fingerprint density at radius 1 is 1.44 bits per heavy atom. The molecule has 1 atom stereocenters. The van der Waals surface area contributed by atoms with E-state index in [1.807, 2.05) is 18.2 Å². The topological polar surface area (TPSA) is 99.2 Å². The number of carbonyl (C=O) groups excluding carboxylic acids is 2. The van der Waals surface area contributed by atoms with Crippen LogP contribution < -0.4 is 15.4 Å². The van der Waals surface area contributed by atoms with Crippen molar-refractivity contribution in [3.8, 4) is 0 Å². The molecule has 1 aliphatic rings. The number of nitrogens with zero attached hydrogens (tertiary/aromatic N) is 3. The molecule has 0 saturated carbocycles. The maximum atomic E-state index is 12.0. The van der Waals surface area contributed by atoms with Gasteiger partial charge in [0.1, 0.15) is 7.11 Å². The lowest BCUT2D eigenvalue weighted by atomic mass is 10.1. The smallest absolute Gasteiger partial charge is 0.415 e. The van der Waals surface area contributed by atoms with Gasteiger partial charge in [-0.15, -0.1) is 0 Å². The number of hydrogen-bond acceptors (Lipinski definition) is 6. The van der Waals surface area contributed by atoms with Crippen molar-refractivity contribution in [2.45, 2.75) is 32.4 Å². The average molecular weight is 364 g/mol. The minimum absolute atomic E-state index is 0.111. The number of primary amides is 1. The van der Waals surface area contributed by atoms with Gasteiger partial charge in [-0.3, -0.25) is 9.69 Å². The van der Waals surface area contributed by atoms with Gasteiger partial charge >= 0.3 is 6.09 Å². The maximum Gasteiger partial charge on any atom is 0.415 e. The van der Waals surface area contributed by atoms with Gasteiger partial charge in [0.25, 0.3) is 5.91 Å². The van der Waals surface area contributed by atoms with Crippen LogP contribution in [-0.4, -0.2) is 36.3 Å². The number of amides is 2. The third-order valence-electron chi connectivity index (χ3n) is 3.86. The van der Waals surface area contributed by atoms with Crippen LogP contribution >= 0.6 is 11.3 Å². The Hall–Kier alpha value is -2.55. The molecule has 3 rings (SSSR count). The van der Waals surface area contributed by atoms with Gasteiger partial charge in [0, 0.05) is 11.2 Å². The molecule has 2 N–H and O–H groups in total. The van der Waals surface area contributed by atoms with Gasteiger partial charge in [-0.25, -0.2) is 4.79 Å². The summed E-state index contributed by atoms with van der Waals surface area (Å²) in [7, 11) is 1.51. The second-order valence-corrected chi connectivity index (χ2v) is 7.71. The molecule has 1 aromatic heterocycles. The first kappa shape index (κ1) is 17.3. The first-order valence-electron chi connectivity index (χ1n) is 7.73. The Bertz CT molecular complexity index is 909. The Balaban J connectivity index is 2.09. The Kier molecular flexibility index (Phi) is 4.19. The number of carbonyl (C=O) groups is 2. The molecule has 1 unspecified atom stereocenters. The highest BCUT2D eigenvalue weighted by Crippen LogP contribution is 2.30. The molecule has 0 aliphatic carbocycles. The Morgan fingerprint density at radius 3 is 2.72 bits per heavy atom. The van der Waals surface area contributed by atoms with Crippen LogP contribution in [0.5, 0.6) is 0 Å². The van der Waals surface area contributed by atoms with Gasteiger partial charge in [-0.2, -0.15) is 0 Å². The van der Waals surface area contributed by atoms with Crippen molar-refractivity contribution in [1.29, 1.82) is 0 Å². The largest absolute Gasteiger partial charge is 0.434 e. The van der Waals surface area contributed by atoms with Gasteiger partial charge in [-0.05, 0) is 39.0 Å². The number of thiazole rings is 1. The molecule has 1 aromatic carbocycles. The van der Waals surface area contributed by atoms with E-state index in [0.29, 0.717) is 5.69 Å². The molecule has 2 amide bonds. The zero-order valence-electron chi connectivity index (χ0n) is 14.5. The molecule has 0 spiro atoms. The minimum atomic E-state index is -0.926. The van der Waals surface area contributed by atoms with Crippen molar-refractivity contribution in [2.75, 3.05) is 18.6 Å². The van der Waals surface area contributed by atoms with Gasteiger partial charge in [0.2, 0.25) is 4.80 Å². The van der Waals surface area contributed by atoms with E-state index in [-0.39, 0.29) is 12.1 Å². The molecule has 0 bridgehead atoms. The summed E-state index contributed by atoms with van der Waals surface area (Å²) in [4.78, 5) is 30.4. The Labute approximate surface area is 148 Å². The van der Waals surface area contributed by atoms with Crippen molar-refractivity contribution in [2.24, 2.45) is 10.9 Å². The summed E-state index contributed by atoms with van der Waals surface area (Å²) in [5.41, 5.74) is 6.66. The number of hydrogen-bond donors (Lipinski definition) is 1. The second kappa shape index (κ2) is 6.07. The third-order valence-corrected chi connectivity index (χ3v) is 4.84. The number of nitrogens with two attached hydrogens (primary N) is 1. The van der Waals surface area contributed by atoms with Crippen molar-refractivity contribution in [3.63, 3.8) is 0 Å². The normalized spacial score (nSPS) is 18.7. The van der Waals surface area contributed by atoms with Gasteiger partial charge in [0.05, 0.1) is 16.8 Å². The van der Waals surface area contributed by atoms with Crippen LogP contribution in [0, 0.1) is 0 Å². The van der Waals surface area contributed by atoms with E-state index < -0.39 is 18.1 Å². The van der Waals surface area contributed by atoms with E-state index in [2.05, 4.69) is 30.5 Å². The van der Waals surface area contributed by atoms with Crippen molar-refractivity contribution >= 4 is 39.2 Å². The number of fused-ring (bicyclic) bond motifs is 1. The molecule has 2 heterocycles. The summed E-state index contributed by atoms with van der Waals surface area (Å²) in [5, 5.41) is 4.10. The zero-order chi connectivity index (χ0) is 18.4. The lowest BCUT2D eigenvalue weighted by Gasteiger charge is -2.22. The fraction of sp³-hybridized carbons (Fsp3) is 0.438. The quantitative estimate of drug-likeness (QED) is 0.839. The first-order chi connectivity index (χ1) is 11.7. The number of rotatable bonds is 3. The van der Waals surface area contributed by atoms with Gasteiger partial charge in [0.15, 0.2) is 6.10 Å². The van der Waals surface area contributed by atoms with Crippen LogP contribution in [0.15, 0.2) is 23.4 Å². The van der Waals surface area contributed by atoms with Crippen LogP contribution in [0.1, 0.15) is 20.8 Å². The summed E-state index contributed by atoms with van der Waals surface area (Å²) < 4.78 is 8.02. The number of anilines is 1. The van der Waals surface area contributed by atoms with Gasteiger partial charge < -0.3 is 19.9 Å². The molecule has 9 heteroatoms. The first-order valence-corrected chi connectivity index (χ1v) is 8.55. The highest BCUT2D eigenvalue weighted by Gasteiger charge is 2.36. The number of cyclic esters (lactones) is 1. The highest BCUT2D eigenvalue weighted by molar-refractivity contribution is 7.16. The minimum Gasteiger partial charge on any atom is -0.434 e. The van der Waals surface area contributed by atoms with E-state index in [0.717, 1.165) is 15.0 Å². The van der Waals surface area contributed by atoms with Gasteiger partial charge in [-0.1, -0.05) is 16.5 Å². The summed E-state index contributed by atoms with van der Waals surface area (Å²) in [6.45, 7) is 6.35. The number of ether oxygens (including phenoxy) is 1. The fourth-order valence-electron chi connectivity index (χ4n) is 2.79. The van der Waals surface area contributed by atoms with Crippen molar-refractivity contribution in [3.05, 3.63) is 23.0 Å². The van der Waals surface area contributed by atoms with E-state index in [1.54, 1.807) is 0 Å². The average Bonchev–Trinajstić information content (AvgIpc) is 3.06. The lowest BCUT2D eigenvalue weighted by Crippen LogP contribution is -2.32. The fourth-order valence-corrected chi connectivity index (χ4v) is 4.01. The van der Waals surface area contributed by atoms with Crippen LogP contribution in [0.2, 0.25) is 0 Å². The second-order valence-electron chi connectivity index (χ2n) is 6.70. The van der Waals surface area contributed by atoms with E-state index >= 15 is 0 Å². The van der Waals surface area contributed by atoms with Crippen LogP contribution in [0.3, 0.4) is 0 Å². The molecule has 8 nitrogen and oxygen atoms in total. The summed E-state index contributed by atoms with van der Waals surface area (Å²) in [5.74, 6) is -0.653. The van der Waals surface area contributed by atoms with Crippen molar-refractivity contribution in [1.82, 2.24) is 4.57 Å². The highest BCUT2D eigenvalue weighted by atomic mass is 32.1. The van der Waals surface area contributed by atoms with E-state index in [4.69, 9.17) is 15.3 Å². The monoisotopic (exact) mass is 364 g/mol. The summed E-state index contributed by atoms with van der Waals surface area (Å²) >= 11 is 1.46. The van der Waals surface area contributed by atoms with Crippen LogP contribution in [-0.2, 0) is 19.9 Å². The van der Waals surface area contributed by atoms with Crippen LogP contribution in [0.25, 0.3) is 10.2 Å². The molecule has 134 valence electrons. The molecule has 1 aliphatic heterocycles. The SMILES string of the molecule is CO/N=c1/sc2cc(N3CC(C(N)=O)OC3=O)ccc2n1C(C)(C)C.